The predicted molar refractivity (Wildman–Crippen MR) is 85.2 cm³/mol. The van der Waals surface area contributed by atoms with Crippen LogP contribution >= 0.6 is 0 Å². The molecule has 1 fully saturated rings. The van der Waals surface area contributed by atoms with Crippen molar-refractivity contribution in [2.24, 2.45) is 5.92 Å². The van der Waals surface area contributed by atoms with Gasteiger partial charge in [-0.2, -0.15) is 0 Å². The third-order valence-electron chi connectivity index (χ3n) is 4.01. The van der Waals surface area contributed by atoms with Crippen LogP contribution < -0.4 is 14.2 Å². The molecule has 1 aromatic carbocycles. The highest BCUT2D eigenvalue weighted by molar-refractivity contribution is 7.89. The van der Waals surface area contributed by atoms with Gasteiger partial charge in [0.05, 0.1) is 25.7 Å². The van der Waals surface area contributed by atoms with E-state index in [-0.39, 0.29) is 33.9 Å². The normalized spacial score (nSPS) is 19.0. The standard InChI is InChI=1S/C15H21NO7S/c1-9(10-4-5-23-8-10)16-24(19,20)11-6-12(15(17)18)14(22-3)13(7-11)21-2/h6-7,9-10,16H,4-5,8H2,1-3H3,(H,17,18). The van der Waals surface area contributed by atoms with E-state index in [1.165, 1.54) is 20.3 Å². The summed E-state index contributed by atoms with van der Waals surface area (Å²) in [5, 5.41) is 9.29. The van der Waals surface area contributed by atoms with Gasteiger partial charge < -0.3 is 19.3 Å². The molecule has 134 valence electrons. The fourth-order valence-electron chi connectivity index (χ4n) is 2.61. The van der Waals surface area contributed by atoms with E-state index in [9.17, 15) is 18.3 Å². The molecule has 0 amide bonds. The molecule has 2 N–H and O–H groups in total. The zero-order valence-corrected chi connectivity index (χ0v) is 14.6. The molecule has 1 aromatic rings. The number of carboxylic acid groups (broad SMARTS) is 1. The SMILES string of the molecule is COc1cc(S(=O)(=O)NC(C)C2CCOC2)cc(C(=O)O)c1OC. The number of carboxylic acids is 1. The van der Waals surface area contributed by atoms with E-state index in [1.807, 2.05) is 0 Å². The largest absolute Gasteiger partial charge is 0.493 e. The summed E-state index contributed by atoms with van der Waals surface area (Å²) in [7, 11) is -1.31. The molecular weight excluding hydrogens is 338 g/mol. The van der Waals surface area contributed by atoms with Crippen molar-refractivity contribution < 1.29 is 32.5 Å². The lowest BCUT2D eigenvalue weighted by atomic mass is 10.0. The van der Waals surface area contributed by atoms with Crippen LogP contribution in [0, 0.1) is 5.92 Å². The van der Waals surface area contributed by atoms with Crippen molar-refractivity contribution in [2.75, 3.05) is 27.4 Å². The number of rotatable bonds is 7. The second-order valence-corrected chi connectivity index (χ2v) is 7.26. The molecule has 8 nitrogen and oxygen atoms in total. The Balaban J connectivity index is 2.38. The van der Waals surface area contributed by atoms with Gasteiger partial charge in [0.15, 0.2) is 11.5 Å². The van der Waals surface area contributed by atoms with Crippen molar-refractivity contribution >= 4 is 16.0 Å². The Hall–Kier alpha value is -1.84. The summed E-state index contributed by atoms with van der Waals surface area (Å²) < 4.78 is 43.1. The second-order valence-electron chi connectivity index (χ2n) is 5.55. The number of hydrogen-bond acceptors (Lipinski definition) is 6. The molecule has 1 aliphatic rings. The monoisotopic (exact) mass is 359 g/mol. The van der Waals surface area contributed by atoms with Crippen LogP contribution in [0.2, 0.25) is 0 Å². The first-order valence-electron chi connectivity index (χ1n) is 7.39. The van der Waals surface area contributed by atoms with E-state index in [0.717, 1.165) is 12.5 Å². The summed E-state index contributed by atoms with van der Waals surface area (Å²) in [4.78, 5) is 11.2. The van der Waals surface area contributed by atoms with E-state index in [0.29, 0.717) is 13.2 Å². The average molecular weight is 359 g/mol. The van der Waals surface area contributed by atoms with Crippen molar-refractivity contribution in [2.45, 2.75) is 24.3 Å². The zero-order valence-electron chi connectivity index (χ0n) is 13.7. The van der Waals surface area contributed by atoms with E-state index >= 15 is 0 Å². The quantitative estimate of drug-likeness (QED) is 0.750. The Labute approximate surface area is 140 Å². The molecule has 0 aromatic heterocycles. The molecule has 2 rings (SSSR count). The minimum Gasteiger partial charge on any atom is -0.493 e. The van der Waals surface area contributed by atoms with Gasteiger partial charge in [-0.1, -0.05) is 0 Å². The maximum atomic E-state index is 12.6. The smallest absolute Gasteiger partial charge is 0.339 e. The molecule has 1 saturated heterocycles. The first kappa shape index (κ1) is 18.5. The number of aromatic carboxylic acids is 1. The Morgan fingerprint density at radius 1 is 1.38 bits per heavy atom. The minimum atomic E-state index is -3.91. The first-order valence-corrected chi connectivity index (χ1v) is 8.88. The van der Waals surface area contributed by atoms with Crippen molar-refractivity contribution in [1.29, 1.82) is 0 Å². The molecule has 0 spiro atoms. The predicted octanol–water partition coefficient (Wildman–Crippen LogP) is 1.11. The van der Waals surface area contributed by atoms with Crippen LogP contribution in [0.25, 0.3) is 0 Å². The van der Waals surface area contributed by atoms with Gasteiger partial charge in [0, 0.05) is 24.6 Å². The molecule has 0 radical (unpaired) electrons. The number of ether oxygens (including phenoxy) is 3. The summed E-state index contributed by atoms with van der Waals surface area (Å²) in [5.41, 5.74) is -0.283. The summed E-state index contributed by atoms with van der Waals surface area (Å²) in [6.07, 6.45) is 0.774. The van der Waals surface area contributed by atoms with Crippen molar-refractivity contribution in [3.63, 3.8) is 0 Å². The van der Waals surface area contributed by atoms with Crippen LogP contribution in [0.1, 0.15) is 23.7 Å². The van der Waals surface area contributed by atoms with Crippen LogP contribution in [-0.2, 0) is 14.8 Å². The van der Waals surface area contributed by atoms with E-state index in [2.05, 4.69) is 4.72 Å². The lowest BCUT2D eigenvalue weighted by molar-refractivity contribution is 0.0692. The highest BCUT2D eigenvalue weighted by Crippen LogP contribution is 2.34. The van der Waals surface area contributed by atoms with Crippen molar-refractivity contribution in [1.82, 2.24) is 4.72 Å². The molecule has 0 aliphatic carbocycles. The topological polar surface area (TPSA) is 111 Å². The molecular formula is C15H21NO7S. The Kier molecular flexibility index (Phi) is 5.68. The first-order chi connectivity index (χ1) is 11.3. The third-order valence-corrected chi connectivity index (χ3v) is 5.54. The highest BCUT2D eigenvalue weighted by atomic mass is 32.2. The van der Waals surface area contributed by atoms with Crippen LogP contribution in [0.4, 0.5) is 0 Å². The van der Waals surface area contributed by atoms with E-state index in [4.69, 9.17) is 14.2 Å². The molecule has 2 unspecified atom stereocenters. The van der Waals surface area contributed by atoms with Crippen LogP contribution in [0.15, 0.2) is 17.0 Å². The van der Waals surface area contributed by atoms with Gasteiger partial charge in [-0.15, -0.1) is 0 Å². The van der Waals surface area contributed by atoms with Gasteiger partial charge >= 0.3 is 5.97 Å². The van der Waals surface area contributed by atoms with Crippen LogP contribution in [0.3, 0.4) is 0 Å². The second kappa shape index (κ2) is 7.37. The average Bonchev–Trinajstić information content (AvgIpc) is 3.07. The lowest BCUT2D eigenvalue weighted by Crippen LogP contribution is -2.38. The number of carbonyl (C=O) groups is 1. The van der Waals surface area contributed by atoms with Gasteiger partial charge in [0.25, 0.3) is 0 Å². The van der Waals surface area contributed by atoms with Crippen LogP contribution in [0.5, 0.6) is 11.5 Å². The maximum absolute atomic E-state index is 12.6. The van der Waals surface area contributed by atoms with Crippen molar-refractivity contribution in [3.8, 4) is 11.5 Å². The molecule has 0 bridgehead atoms. The maximum Gasteiger partial charge on any atom is 0.339 e. The summed E-state index contributed by atoms with van der Waals surface area (Å²) >= 11 is 0. The minimum absolute atomic E-state index is 0.0267. The van der Waals surface area contributed by atoms with E-state index < -0.39 is 16.0 Å². The number of benzene rings is 1. The van der Waals surface area contributed by atoms with Gasteiger partial charge in [-0.05, 0) is 19.4 Å². The van der Waals surface area contributed by atoms with Gasteiger partial charge in [-0.3, -0.25) is 0 Å². The molecule has 0 saturated carbocycles. The number of sulfonamides is 1. The number of methoxy groups -OCH3 is 2. The molecule has 9 heteroatoms. The molecule has 1 aliphatic heterocycles. The zero-order chi connectivity index (χ0) is 17.9. The van der Waals surface area contributed by atoms with Crippen LogP contribution in [-0.4, -0.2) is 53.0 Å². The number of nitrogens with one attached hydrogen (secondary N) is 1. The molecule has 2 atom stereocenters. The summed E-state index contributed by atoms with van der Waals surface area (Å²) in [5.74, 6) is -1.21. The van der Waals surface area contributed by atoms with E-state index in [1.54, 1.807) is 6.92 Å². The fraction of sp³-hybridized carbons (Fsp3) is 0.533. The van der Waals surface area contributed by atoms with Gasteiger partial charge in [-0.25, -0.2) is 17.9 Å². The Morgan fingerprint density at radius 3 is 2.58 bits per heavy atom. The third kappa shape index (κ3) is 3.80. The molecule has 1 heterocycles. The fourth-order valence-corrected chi connectivity index (χ4v) is 3.96. The van der Waals surface area contributed by atoms with Gasteiger partial charge in [0.2, 0.25) is 10.0 Å². The molecule has 24 heavy (non-hydrogen) atoms. The Morgan fingerprint density at radius 2 is 2.08 bits per heavy atom. The highest BCUT2D eigenvalue weighted by Gasteiger charge is 2.29. The van der Waals surface area contributed by atoms with Gasteiger partial charge in [0.1, 0.15) is 5.56 Å². The lowest BCUT2D eigenvalue weighted by Gasteiger charge is -2.20. The summed E-state index contributed by atoms with van der Waals surface area (Å²) in [6, 6.07) is 1.97. The number of hydrogen-bond donors (Lipinski definition) is 2. The van der Waals surface area contributed by atoms with Crippen molar-refractivity contribution in [3.05, 3.63) is 17.7 Å². The Bertz CT molecular complexity index is 711. The summed E-state index contributed by atoms with van der Waals surface area (Å²) in [6.45, 7) is 2.86.